The summed E-state index contributed by atoms with van der Waals surface area (Å²) >= 11 is 20.0. The molecule has 3 unspecified atom stereocenters. The van der Waals surface area contributed by atoms with E-state index >= 15 is 0 Å². The SMILES string of the molecule is Cc1cccc2c(S(=O)(=O)OC(c3ccc(OC(=O)CCl)cc3)C(F)(F)F)cccc12.O=C(CCl)Oc1ccc(C(O)C(F)(F)F)cc1.O=C(Cl)CCl.Oc1ccc(C(O)C(F)(F)F)cc1. The molecule has 5 rings (SSSR count). The van der Waals surface area contributed by atoms with E-state index in [4.69, 9.17) is 66.5 Å². The number of phenols is 1. The quantitative estimate of drug-likeness (QED) is 0.0287. The van der Waals surface area contributed by atoms with Gasteiger partial charge >= 0.3 is 30.5 Å². The molecular formula is C41H33Cl4F9O11S. The maximum absolute atomic E-state index is 13.7. The van der Waals surface area contributed by atoms with Crippen LogP contribution < -0.4 is 9.47 Å². The lowest BCUT2D eigenvalue weighted by Gasteiger charge is -2.21. The first kappa shape index (κ1) is 57.3. The highest BCUT2D eigenvalue weighted by Crippen LogP contribution is 2.40. The van der Waals surface area contributed by atoms with Gasteiger partial charge in [-0.1, -0.05) is 66.7 Å². The number of fused-ring (bicyclic) bond motifs is 1. The number of alkyl halides is 12. The number of benzene rings is 5. The van der Waals surface area contributed by atoms with Gasteiger partial charge in [-0.25, -0.2) is 4.18 Å². The highest BCUT2D eigenvalue weighted by atomic mass is 35.5. The van der Waals surface area contributed by atoms with Gasteiger partial charge in [0, 0.05) is 5.39 Å². The van der Waals surface area contributed by atoms with Crippen molar-refractivity contribution >= 4 is 84.5 Å². The van der Waals surface area contributed by atoms with E-state index in [-0.39, 0.29) is 50.4 Å². The second-order valence-electron chi connectivity index (χ2n) is 12.7. The first-order valence-corrected chi connectivity index (χ1v) is 21.2. The number of halogens is 13. The van der Waals surface area contributed by atoms with Crippen molar-refractivity contribution in [3.63, 3.8) is 0 Å². The summed E-state index contributed by atoms with van der Waals surface area (Å²) in [6.07, 6.45) is -22.2. The molecule has 0 radical (unpaired) electrons. The molecule has 3 N–H and O–H groups in total. The zero-order valence-electron chi connectivity index (χ0n) is 33.2. The number of hydrogen-bond acceptors (Lipinski definition) is 11. The van der Waals surface area contributed by atoms with Gasteiger partial charge in [0.05, 0.1) is 5.88 Å². The Hall–Kier alpha value is -4.87. The third-order valence-corrected chi connectivity index (χ3v) is 10.2. The number of aliphatic hydroxyl groups excluding tert-OH is 2. The number of ether oxygens (including phenoxy) is 2. The molecule has 0 saturated heterocycles. The molecule has 0 aliphatic carbocycles. The largest absolute Gasteiger partial charge is 0.508 e. The van der Waals surface area contributed by atoms with Gasteiger partial charge in [-0.3, -0.25) is 14.4 Å². The normalized spacial score (nSPS) is 13.0. The lowest BCUT2D eigenvalue weighted by Crippen LogP contribution is -2.26. The predicted molar refractivity (Wildman–Crippen MR) is 223 cm³/mol. The summed E-state index contributed by atoms with van der Waals surface area (Å²) in [7, 11) is -4.79. The van der Waals surface area contributed by atoms with Crippen LogP contribution in [0.15, 0.2) is 114 Å². The fraction of sp³-hybridized carbons (Fsp3) is 0.244. The third kappa shape index (κ3) is 18.4. The van der Waals surface area contributed by atoms with E-state index in [0.29, 0.717) is 5.39 Å². The molecule has 5 aromatic rings. The van der Waals surface area contributed by atoms with Gasteiger partial charge in [0.1, 0.15) is 33.9 Å². The van der Waals surface area contributed by atoms with Crippen molar-refractivity contribution in [1.29, 1.82) is 0 Å². The topological polar surface area (TPSA) is 174 Å². The minimum Gasteiger partial charge on any atom is -0.508 e. The Labute approximate surface area is 389 Å². The lowest BCUT2D eigenvalue weighted by molar-refractivity contribution is -0.207. The third-order valence-electron chi connectivity index (χ3n) is 7.88. The van der Waals surface area contributed by atoms with Gasteiger partial charge in [0.2, 0.25) is 5.24 Å². The van der Waals surface area contributed by atoms with Gasteiger partial charge in [-0.15, -0.1) is 34.8 Å². The monoisotopic (exact) mass is 1040 g/mol. The molecule has 0 aliphatic rings. The van der Waals surface area contributed by atoms with Crippen LogP contribution in [0.25, 0.3) is 10.8 Å². The summed E-state index contributed by atoms with van der Waals surface area (Å²) in [6.45, 7) is 1.76. The number of hydrogen-bond donors (Lipinski definition) is 3. The predicted octanol–water partition coefficient (Wildman–Crippen LogP) is 10.7. The Morgan fingerprint density at radius 3 is 1.33 bits per heavy atom. The Bertz CT molecular complexity index is 2470. The summed E-state index contributed by atoms with van der Waals surface area (Å²) < 4.78 is 153. The molecule has 3 atom stereocenters. The summed E-state index contributed by atoms with van der Waals surface area (Å²) in [5.41, 5.74) is -0.323. The zero-order valence-corrected chi connectivity index (χ0v) is 37.0. The summed E-state index contributed by atoms with van der Waals surface area (Å²) in [5, 5.41) is 26.8. The number of aryl methyl sites for hydroxylation is 1. The summed E-state index contributed by atoms with van der Waals surface area (Å²) in [4.78, 5) is 31.1. The van der Waals surface area contributed by atoms with Gasteiger partial charge in [0.15, 0.2) is 18.3 Å². The average Bonchev–Trinajstić information content (AvgIpc) is 3.25. The van der Waals surface area contributed by atoms with Gasteiger partial charge in [-0.2, -0.15) is 47.9 Å². The van der Waals surface area contributed by atoms with Crippen LogP contribution in [-0.4, -0.2) is 77.1 Å². The van der Waals surface area contributed by atoms with Crippen LogP contribution in [0.2, 0.25) is 0 Å². The van der Waals surface area contributed by atoms with Crippen molar-refractivity contribution in [3.8, 4) is 17.2 Å². The van der Waals surface area contributed by atoms with Crippen LogP contribution in [0, 0.1) is 6.92 Å². The lowest BCUT2D eigenvalue weighted by atomic mass is 10.1. The smallest absolute Gasteiger partial charge is 0.420 e. The molecule has 25 heteroatoms. The maximum Gasteiger partial charge on any atom is 0.420 e. The summed E-state index contributed by atoms with van der Waals surface area (Å²) in [5.74, 6) is -2.50. The van der Waals surface area contributed by atoms with Crippen LogP contribution in [0.4, 0.5) is 39.5 Å². The number of phenolic OH excluding ortho intramolecular Hbond substituents is 1. The van der Waals surface area contributed by atoms with Crippen molar-refractivity contribution in [2.45, 2.75) is 48.7 Å². The second-order valence-corrected chi connectivity index (χ2v) is 15.5. The van der Waals surface area contributed by atoms with Crippen molar-refractivity contribution < 1.29 is 91.3 Å². The van der Waals surface area contributed by atoms with E-state index in [1.807, 2.05) is 0 Å². The highest BCUT2D eigenvalue weighted by molar-refractivity contribution is 7.87. The minimum atomic E-state index is -5.03. The van der Waals surface area contributed by atoms with Crippen LogP contribution >= 0.6 is 46.4 Å². The minimum absolute atomic E-state index is 0.0392. The molecule has 5 aromatic carbocycles. The van der Waals surface area contributed by atoms with Crippen molar-refractivity contribution in [1.82, 2.24) is 0 Å². The molecule has 0 amide bonds. The standard InChI is InChI=1S/C21H16ClF3O5S.C10H8ClF3O3.C8H7F3O2.C2H2Cl2O/c1-13-4-2-6-17-16(13)5-3-7-18(17)31(27,28)30-20(21(23,24)25)14-8-10-15(11-9-14)29-19(26)12-22;11-5-8(15)17-7-3-1-6(2-4-7)9(16)10(12,13)14;9-8(10,11)7(13)5-1-3-6(12)4-2-5;3-1-2(4)5/h2-11,20H,12H2,1H3;1-4,9,16H,5H2;1-4,7,12-13H;1H2. The first-order chi connectivity index (χ1) is 30.5. The van der Waals surface area contributed by atoms with E-state index < -0.39 is 75.6 Å². The Kier molecular flexibility index (Phi) is 22.0. The average molecular weight is 1050 g/mol. The highest BCUT2D eigenvalue weighted by Gasteiger charge is 2.46. The fourth-order valence-corrected chi connectivity index (χ4v) is 6.29. The molecule has 11 nitrogen and oxygen atoms in total. The van der Waals surface area contributed by atoms with E-state index in [1.54, 1.807) is 25.1 Å². The molecular weight excluding hydrogens is 1010 g/mol. The van der Waals surface area contributed by atoms with Crippen LogP contribution in [0.1, 0.15) is 40.6 Å². The van der Waals surface area contributed by atoms with Gasteiger partial charge in [0.25, 0.3) is 10.1 Å². The van der Waals surface area contributed by atoms with Gasteiger partial charge in [-0.05, 0) is 88.6 Å². The molecule has 0 aromatic heterocycles. The molecule has 0 fully saturated rings. The Balaban J connectivity index is 0.000000357. The number of aromatic hydroxyl groups is 1. The Morgan fingerprint density at radius 2 is 0.955 bits per heavy atom. The van der Waals surface area contributed by atoms with Crippen molar-refractivity contribution in [2.75, 3.05) is 17.6 Å². The Morgan fingerprint density at radius 1 is 0.576 bits per heavy atom. The maximum atomic E-state index is 13.7. The van der Waals surface area contributed by atoms with Crippen molar-refractivity contribution in [3.05, 3.63) is 131 Å². The molecule has 0 heterocycles. The number of esters is 2. The van der Waals surface area contributed by atoms with Crippen molar-refractivity contribution in [2.24, 2.45) is 0 Å². The fourth-order valence-electron chi connectivity index (χ4n) is 4.91. The first-order valence-electron chi connectivity index (χ1n) is 17.8. The molecule has 0 spiro atoms. The summed E-state index contributed by atoms with van der Waals surface area (Å²) in [6, 6.07) is 21.9. The van der Waals surface area contributed by atoms with E-state index in [2.05, 4.69) is 8.92 Å². The number of rotatable bonds is 11. The number of aliphatic hydroxyl groups is 2. The molecule has 0 saturated carbocycles. The van der Waals surface area contributed by atoms with E-state index in [1.165, 1.54) is 18.2 Å². The van der Waals surface area contributed by atoms with Crippen LogP contribution in [-0.2, 0) is 28.7 Å². The number of carbonyl (C=O) groups is 3. The molecule has 0 aliphatic heterocycles. The zero-order chi connectivity index (χ0) is 50.2. The van der Waals surface area contributed by atoms with Gasteiger partial charge < -0.3 is 24.8 Å². The number of carbonyl (C=O) groups excluding carboxylic acids is 3. The van der Waals surface area contributed by atoms with E-state index in [9.17, 15) is 62.3 Å². The molecule has 0 bridgehead atoms. The molecule has 360 valence electrons. The molecule has 66 heavy (non-hydrogen) atoms. The van der Waals surface area contributed by atoms with E-state index in [0.717, 1.165) is 78.4 Å². The second kappa shape index (κ2) is 25.3. The van der Waals surface area contributed by atoms with Crippen LogP contribution in [0.5, 0.6) is 17.2 Å². The van der Waals surface area contributed by atoms with Crippen LogP contribution in [0.3, 0.4) is 0 Å².